The minimum absolute atomic E-state index is 0.100. The molecule has 0 heterocycles. The lowest BCUT2D eigenvalue weighted by atomic mass is 10.2. The van der Waals surface area contributed by atoms with Gasteiger partial charge in [0.1, 0.15) is 5.82 Å². The Kier molecular flexibility index (Phi) is 3.31. The number of carbonyl (C=O) groups is 1. The van der Waals surface area contributed by atoms with E-state index in [0.717, 1.165) is 18.2 Å². The second-order valence-corrected chi connectivity index (χ2v) is 5.26. The summed E-state index contributed by atoms with van der Waals surface area (Å²) < 4.78 is 34.8. The molecule has 0 saturated heterocycles. The van der Waals surface area contributed by atoms with Crippen LogP contribution in [0.15, 0.2) is 23.1 Å². The molecule has 0 radical (unpaired) electrons. The topological polar surface area (TPSA) is 63.2 Å². The quantitative estimate of drug-likeness (QED) is 0.801. The van der Waals surface area contributed by atoms with E-state index in [1.165, 1.54) is 7.05 Å². The minimum Gasteiger partial charge on any atom is -0.355 e. The molecule has 1 amide bonds. The molecule has 0 bridgehead atoms. The van der Waals surface area contributed by atoms with Crippen LogP contribution in [0.1, 0.15) is 10.4 Å². The summed E-state index contributed by atoms with van der Waals surface area (Å²) in [5.74, 6) is -1.42. The fourth-order valence-electron chi connectivity index (χ4n) is 0.979. The van der Waals surface area contributed by atoms with E-state index in [9.17, 15) is 17.6 Å². The van der Waals surface area contributed by atoms with Gasteiger partial charge in [0.15, 0.2) is 0 Å². The fourth-order valence-corrected chi connectivity index (χ4v) is 1.77. The maximum absolute atomic E-state index is 13.0. The molecule has 1 aromatic rings. The van der Waals surface area contributed by atoms with Gasteiger partial charge in [0, 0.05) is 23.3 Å². The molecule has 0 aliphatic rings. The van der Waals surface area contributed by atoms with Gasteiger partial charge in [-0.3, -0.25) is 4.79 Å². The van der Waals surface area contributed by atoms with Crippen molar-refractivity contribution >= 4 is 25.6 Å². The van der Waals surface area contributed by atoms with Crippen molar-refractivity contribution in [3.8, 4) is 0 Å². The molecule has 0 fully saturated rings. The second-order valence-electron chi connectivity index (χ2n) is 2.69. The zero-order chi connectivity index (χ0) is 11.6. The van der Waals surface area contributed by atoms with E-state index in [-0.39, 0.29) is 5.56 Å². The lowest BCUT2D eigenvalue weighted by Gasteiger charge is -2.02. The maximum atomic E-state index is 13.0. The Balaban J connectivity index is 3.35. The van der Waals surface area contributed by atoms with Crippen LogP contribution in [0.5, 0.6) is 0 Å². The van der Waals surface area contributed by atoms with E-state index in [1.807, 2.05) is 0 Å². The molecule has 0 aromatic heterocycles. The van der Waals surface area contributed by atoms with Gasteiger partial charge in [-0.1, -0.05) is 0 Å². The number of benzene rings is 1. The normalized spacial score (nSPS) is 11.1. The fraction of sp³-hybridized carbons (Fsp3) is 0.125. The Morgan fingerprint density at radius 2 is 2.00 bits per heavy atom. The molecule has 1 aromatic carbocycles. The predicted octanol–water partition coefficient (Wildman–Crippen LogP) is 1.11. The molecule has 82 valence electrons. The van der Waals surface area contributed by atoms with Gasteiger partial charge >= 0.3 is 0 Å². The van der Waals surface area contributed by atoms with Gasteiger partial charge in [0.2, 0.25) is 0 Å². The predicted molar refractivity (Wildman–Crippen MR) is 52.8 cm³/mol. The van der Waals surface area contributed by atoms with Crippen LogP contribution in [0.2, 0.25) is 0 Å². The van der Waals surface area contributed by atoms with Crippen molar-refractivity contribution in [3.05, 3.63) is 29.6 Å². The molecule has 4 nitrogen and oxygen atoms in total. The summed E-state index contributed by atoms with van der Waals surface area (Å²) in [5.41, 5.74) is -0.100. The monoisotopic (exact) mass is 251 g/mol. The molecule has 0 saturated carbocycles. The summed E-state index contributed by atoms with van der Waals surface area (Å²) in [6.07, 6.45) is 0. The van der Waals surface area contributed by atoms with Crippen LogP contribution in [-0.4, -0.2) is 21.4 Å². The Bertz CT molecular complexity index is 501. The zero-order valence-corrected chi connectivity index (χ0v) is 9.19. The lowest BCUT2D eigenvalue weighted by Crippen LogP contribution is -2.18. The Labute approximate surface area is 90.5 Å². The summed E-state index contributed by atoms with van der Waals surface area (Å²) in [5, 5.41) is 2.24. The first-order valence-electron chi connectivity index (χ1n) is 3.82. The molecule has 0 unspecified atom stereocenters. The molecule has 0 spiro atoms. The highest BCUT2D eigenvalue weighted by molar-refractivity contribution is 8.13. The molecule has 1 N–H and O–H groups in total. The van der Waals surface area contributed by atoms with Crippen LogP contribution in [0, 0.1) is 5.82 Å². The summed E-state index contributed by atoms with van der Waals surface area (Å²) >= 11 is 0. The average molecular weight is 252 g/mol. The van der Waals surface area contributed by atoms with Crippen LogP contribution in [0.3, 0.4) is 0 Å². The number of amides is 1. The molecule has 0 aliphatic carbocycles. The smallest absolute Gasteiger partial charge is 0.261 e. The van der Waals surface area contributed by atoms with E-state index < -0.39 is 25.7 Å². The minimum atomic E-state index is -4.04. The van der Waals surface area contributed by atoms with E-state index >= 15 is 0 Å². The molecule has 0 atom stereocenters. The number of halogens is 2. The summed E-state index contributed by atoms with van der Waals surface area (Å²) in [7, 11) is 2.34. The largest absolute Gasteiger partial charge is 0.355 e. The molecule has 1 rings (SSSR count). The van der Waals surface area contributed by atoms with Crippen LogP contribution in [0.4, 0.5) is 4.39 Å². The molecular weight excluding hydrogens is 245 g/mol. The van der Waals surface area contributed by atoms with Crippen molar-refractivity contribution in [3.63, 3.8) is 0 Å². The van der Waals surface area contributed by atoms with Gasteiger partial charge in [-0.2, -0.15) is 0 Å². The first kappa shape index (κ1) is 11.9. The van der Waals surface area contributed by atoms with E-state index in [4.69, 9.17) is 10.7 Å². The third-order valence-corrected chi connectivity index (χ3v) is 2.98. The van der Waals surface area contributed by atoms with Crippen molar-refractivity contribution in [1.29, 1.82) is 0 Å². The average Bonchev–Trinajstić information content (AvgIpc) is 2.14. The van der Waals surface area contributed by atoms with Crippen molar-refractivity contribution in [2.75, 3.05) is 7.05 Å². The van der Waals surface area contributed by atoms with Gasteiger partial charge < -0.3 is 5.32 Å². The molecular formula is C8H7ClFNO3S. The first-order chi connectivity index (χ1) is 6.84. The number of hydrogen-bond donors (Lipinski definition) is 1. The summed E-state index contributed by atoms with van der Waals surface area (Å²) in [6, 6.07) is 2.67. The highest BCUT2D eigenvalue weighted by Crippen LogP contribution is 2.18. The SMILES string of the molecule is CNC(=O)c1cc(F)cc(S(=O)(=O)Cl)c1. The maximum Gasteiger partial charge on any atom is 0.261 e. The van der Waals surface area contributed by atoms with Crippen LogP contribution < -0.4 is 5.32 Å². The summed E-state index contributed by atoms with van der Waals surface area (Å²) in [6.45, 7) is 0. The standard InChI is InChI=1S/C8H7ClFNO3S/c1-11-8(12)5-2-6(10)4-7(3-5)15(9,13)14/h2-4H,1H3,(H,11,12). The van der Waals surface area contributed by atoms with Crippen LogP contribution in [-0.2, 0) is 9.05 Å². The van der Waals surface area contributed by atoms with Crippen LogP contribution in [0.25, 0.3) is 0 Å². The van der Waals surface area contributed by atoms with E-state index in [1.54, 1.807) is 0 Å². The van der Waals surface area contributed by atoms with Gasteiger partial charge in [0.05, 0.1) is 4.90 Å². The van der Waals surface area contributed by atoms with Gasteiger partial charge in [-0.15, -0.1) is 0 Å². The third-order valence-electron chi connectivity index (χ3n) is 1.64. The highest BCUT2D eigenvalue weighted by Gasteiger charge is 2.15. The van der Waals surface area contributed by atoms with Crippen molar-refractivity contribution < 1.29 is 17.6 Å². The molecule has 7 heteroatoms. The number of hydrogen-bond acceptors (Lipinski definition) is 3. The molecule has 0 aliphatic heterocycles. The number of rotatable bonds is 2. The van der Waals surface area contributed by atoms with Gasteiger partial charge in [-0.25, -0.2) is 12.8 Å². The van der Waals surface area contributed by atoms with Crippen molar-refractivity contribution in [2.24, 2.45) is 0 Å². The summed E-state index contributed by atoms with van der Waals surface area (Å²) in [4.78, 5) is 10.7. The highest BCUT2D eigenvalue weighted by atomic mass is 35.7. The Morgan fingerprint density at radius 1 is 1.40 bits per heavy atom. The number of nitrogens with one attached hydrogen (secondary N) is 1. The van der Waals surface area contributed by atoms with Gasteiger partial charge in [0.25, 0.3) is 15.0 Å². The molecule has 15 heavy (non-hydrogen) atoms. The van der Waals surface area contributed by atoms with E-state index in [0.29, 0.717) is 0 Å². The first-order valence-corrected chi connectivity index (χ1v) is 6.13. The van der Waals surface area contributed by atoms with Crippen LogP contribution >= 0.6 is 10.7 Å². The zero-order valence-electron chi connectivity index (χ0n) is 7.62. The Hall–Kier alpha value is -1.14. The van der Waals surface area contributed by atoms with E-state index in [2.05, 4.69) is 5.32 Å². The lowest BCUT2D eigenvalue weighted by molar-refractivity contribution is 0.0962. The van der Waals surface area contributed by atoms with Crippen molar-refractivity contribution in [1.82, 2.24) is 5.32 Å². The second kappa shape index (κ2) is 4.16. The van der Waals surface area contributed by atoms with Gasteiger partial charge in [-0.05, 0) is 18.2 Å². The van der Waals surface area contributed by atoms with Crippen molar-refractivity contribution in [2.45, 2.75) is 4.90 Å². The third kappa shape index (κ3) is 2.90. The Morgan fingerprint density at radius 3 is 2.47 bits per heavy atom. The number of carbonyl (C=O) groups excluding carboxylic acids is 1.